The lowest BCUT2D eigenvalue weighted by Crippen LogP contribution is -2.54. The SMILES string of the molecule is CCC1CN(CC2CN(C)CCN2)C(=O)N1C. The zero-order valence-electron chi connectivity index (χ0n) is 11.1. The van der Waals surface area contributed by atoms with Crippen molar-refractivity contribution in [1.82, 2.24) is 20.0 Å². The normalized spacial score (nSPS) is 31.4. The minimum absolute atomic E-state index is 0.187. The van der Waals surface area contributed by atoms with Gasteiger partial charge in [-0.05, 0) is 13.5 Å². The number of hydrogen-bond acceptors (Lipinski definition) is 3. The summed E-state index contributed by atoms with van der Waals surface area (Å²) in [7, 11) is 4.05. The Labute approximate surface area is 104 Å². The quantitative estimate of drug-likeness (QED) is 0.757. The smallest absolute Gasteiger partial charge is 0.320 e. The predicted molar refractivity (Wildman–Crippen MR) is 68.1 cm³/mol. The van der Waals surface area contributed by atoms with Crippen LogP contribution in [0.4, 0.5) is 4.79 Å². The maximum absolute atomic E-state index is 12.0. The van der Waals surface area contributed by atoms with Gasteiger partial charge in [0.25, 0.3) is 0 Å². The summed E-state index contributed by atoms with van der Waals surface area (Å²) >= 11 is 0. The molecule has 2 amide bonds. The number of rotatable bonds is 3. The summed E-state index contributed by atoms with van der Waals surface area (Å²) in [5, 5.41) is 3.49. The maximum Gasteiger partial charge on any atom is 0.320 e. The molecule has 0 aromatic heterocycles. The van der Waals surface area contributed by atoms with Gasteiger partial charge in [-0.2, -0.15) is 0 Å². The van der Waals surface area contributed by atoms with E-state index in [0.717, 1.165) is 39.1 Å². The summed E-state index contributed by atoms with van der Waals surface area (Å²) in [6.45, 7) is 7.02. The van der Waals surface area contributed by atoms with E-state index >= 15 is 0 Å². The molecule has 98 valence electrons. The predicted octanol–water partition coefficient (Wildman–Crippen LogP) is 0.0360. The van der Waals surface area contributed by atoms with Gasteiger partial charge in [0.05, 0.1) is 6.04 Å². The number of carbonyl (C=O) groups is 1. The summed E-state index contributed by atoms with van der Waals surface area (Å²) in [6.07, 6.45) is 1.04. The second-order valence-corrected chi connectivity index (χ2v) is 5.27. The molecule has 0 radical (unpaired) electrons. The van der Waals surface area contributed by atoms with Crippen LogP contribution >= 0.6 is 0 Å². The second-order valence-electron chi connectivity index (χ2n) is 5.27. The average Bonchev–Trinajstić information content (AvgIpc) is 2.57. The standard InChI is InChI=1S/C12H24N4O/c1-4-11-9-16(12(17)15(11)3)8-10-7-14(2)6-5-13-10/h10-11,13H,4-9H2,1-3H3. The van der Waals surface area contributed by atoms with E-state index < -0.39 is 0 Å². The van der Waals surface area contributed by atoms with Crippen molar-refractivity contribution >= 4 is 6.03 Å². The molecule has 2 saturated heterocycles. The number of nitrogens with zero attached hydrogens (tertiary/aromatic N) is 3. The molecule has 0 aliphatic carbocycles. The Hall–Kier alpha value is -0.810. The first-order valence-electron chi connectivity index (χ1n) is 6.55. The maximum atomic E-state index is 12.0. The average molecular weight is 240 g/mol. The summed E-state index contributed by atoms with van der Waals surface area (Å²) < 4.78 is 0. The Kier molecular flexibility index (Phi) is 3.89. The molecule has 2 aliphatic rings. The molecule has 2 aliphatic heterocycles. The van der Waals surface area contributed by atoms with E-state index in [2.05, 4.69) is 24.2 Å². The van der Waals surface area contributed by atoms with Crippen molar-refractivity contribution in [2.45, 2.75) is 25.4 Å². The molecule has 17 heavy (non-hydrogen) atoms. The molecule has 2 rings (SSSR count). The monoisotopic (exact) mass is 240 g/mol. The van der Waals surface area contributed by atoms with Gasteiger partial charge in [0, 0.05) is 45.8 Å². The number of likely N-dealkylation sites (N-methyl/N-ethyl adjacent to an activating group) is 2. The second kappa shape index (κ2) is 5.23. The zero-order valence-corrected chi connectivity index (χ0v) is 11.1. The Morgan fingerprint density at radius 3 is 2.71 bits per heavy atom. The topological polar surface area (TPSA) is 38.8 Å². The van der Waals surface area contributed by atoms with Crippen LogP contribution in [-0.2, 0) is 0 Å². The summed E-state index contributed by atoms with van der Waals surface area (Å²) in [5.41, 5.74) is 0. The van der Waals surface area contributed by atoms with E-state index in [-0.39, 0.29) is 6.03 Å². The van der Waals surface area contributed by atoms with Gasteiger partial charge in [-0.1, -0.05) is 6.92 Å². The molecule has 0 saturated carbocycles. The molecule has 0 bridgehead atoms. The fourth-order valence-corrected chi connectivity index (χ4v) is 2.77. The van der Waals surface area contributed by atoms with Crippen LogP contribution in [-0.4, -0.2) is 79.6 Å². The van der Waals surface area contributed by atoms with E-state index in [1.54, 1.807) is 0 Å². The highest BCUT2D eigenvalue weighted by Gasteiger charge is 2.34. The molecule has 1 N–H and O–H groups in total. The lowest BCUT2D eigenvalue weighted by molar-refractivity contribution is 0.176. The van der Waals surface area contributed by atoms with Gasteiger partial charge in [-0.25, -0.2) is 4.79 Å². The van der Waals surface area contributed by atoms with Crippen molar-refractivity contribution in [1.29, 1.82) is 0 Å². The van der Waals surface area contributed by atoms with Crippen LogP contribution in [0.2, 0.25) is 0 Å². The molecular weight excluding hydrogens is 216 g/mol. The van der Waals surface area contributed by atoms with Crippen LogP contribution in [0.5, 0.6) is 0 Å². The number of piperazine rings is 1. The number of nitrogens with one attached hydrogen (secondary N) is 1. The molecule has 2 fully saturated rings. The van der Waals surface area contributed by atoms with Gasteiger partial charge in [0.1, 0.15) is 0 Å². The van der Waals surface area contributed by atoms with Crippen LogP contribution in [0.25, 0.3) is 0 Å². The van der Waals surface area contributed by atoms with Crippen LogP contribution in [0.15, 0.2) is 0 Å². The first-order chi connectivity index (χ1) is 8.11. The van der Waals surface area contributed by atoms with E-state index in [4.69, 9.17) is 0 Å². The van der Waals surface area contributed by atoms with Gasteiger partial charge in [0.2, 0.25) is 0 Å². The highest BCUT2D eigenvalue weighted by atomic mass is 16.2. The molecule has 5 heteroatoms. The molecule has 2 unspecified atom stereocenters. The van der Waals surface area contributed by atoms with E-state index in [1.165, 1.54) is 0 Å². The molecule has 0 aromatic carbocycles. The molecule has 0 aromatic rings. The van der Waals surface area contributed by atoms with Crippen molar-refractivity contribution in [3.8, 4) is 0 Å². The molecule has 0 spiro atoms. The van der Waals surface area contributed by atoms with Gasteiger partial charge in [-0.3, -0.25) is 0 Å². The lowest BCUT2D eigenvalue weighted by Gasteiger charge is -2.33. The fraction of sp³-hybridized carbons (Fsp3) is 0.917. The van der Waals surface area contributed by atoms with Crippen molar-refractivity contribution in [3.05, 3.63) is 0 Å². The summed E-state index contributed by atoms with van der Waals surface area (Å²) in [6, 6.07) is 0.998. The highest BCUT2D eigenvalue weighted by molar-refractivity contribution is 5.76. The Bertz CT molecular complexity index is 284. The van der Waals surface area contributed by atoms with E-state index in [9.17, 15) is 4.79 Å². The van der Waals surface area contributed by atoms with E-state index in [0.29, 0.717) is 12.1 Å². The van der Waals surface area contributed by atoms with Crippen molar-refractivity contribution in [2.75, 3.05) is 46.8 Å². The number of carbonyl (C=O) groups excluding carboxylic acids is 1. The van der Waals surface area contributed by atoms with Crippen molar-refractivity contribution in [2.24, 2.45) is 0 Å². The number of urea groups is 1. The molecule has 2 atom stereocenters. The van der Waals surface area contributed by atoms with Crippen LogP contribution in [0, 0.1) is 0 Å². The summed E-state index contributed by atoms with van der Waals surface area (Å²) in [5.74, 6) is 0. The summed E-state index contributed by atoms with van der Waals surface area (Å²) in [4.78, 5) is 18.2. The van der Waals surface area contributed by atoms with Crippen LogP contribution in [0.3, 0.4) is 0 Å². The third-order valence-corrected chi connectivity index (χ3v) is 3.92. The Balaban J connectivity index is 1.89. The largest absolute Gasteiger partial charge is 0.323 e. The lowest BCUT2D eigenvalue weighted by atomic mass is 10.2. The number of amides is 2. The first kappa shape index (κ1) is 12.6. The molecule has 2 heterocycles. The van der Waals surface area contributed by atoms with Gasteiger partial charge >= 0.3 is 6.03 Å². The van der Waals surface area contributed by atoms with Gasteiger partial charge < -0.3 is 20.0 Å². The number of hydrogen-bond donors (Lipinski definition) is 1. The fourth-order valence-electron chi connectivity index (χ4n) is 2.77. The van der Waals surface area contributed by atoms with E-state index in [1.807, 2.05) is 16.8 Å². The van der Waals surface area contributed by atoms with Crippen LogP contribution in [0.1, 0.15) is 13.3 Å². The molecule has 5 nitrogen and oxygen atoms in total. The third kappa shape index (κ3) is 2.72. The minimum atomic E-state index is 0.187. The molecular formula is C12H24N4O. The third-order valence-electron chi connectivity index (χ3n) is 3.92. The van der Waals surface area contributed by atoms with Crippen molar-refractivity contribution < 1.29 is 4.79 Å². The van der Waals surface area contributed by atoms with Crippen molar-refractivity contribution in [3.63, 3.8) is 0 Å². The highest BCUT2D eigenvalue weighted by Crippen LogP contribution is 2.16. The minimum Gasteiger partial charge on any atom is -0.323 e. The Morgan fingerprint density at radius 2 is 2.12 bits per heavy atom. The first-order valence-corrected chi connectivity index (χ1v) is 6.55. The Morgan fingerprint density at radius 1 is 1.35 bits per heavy atom. The van der Waals surface area contributed by atoms with Crippen LogP contribution < -0.4 is 5.32 Å². The zero-order chi connectivity index (χ0) is 12.4. The van der Waals surface area contributed by atoms with Gasteiger partial charge in [-0.15, -0.1) is 0 Å². The van der Waals surface area contributed by atoms with Gasteiger partial charge in [0.15, 0.2) is 0 Å².